The summed E-state index contributed by atoms with van der Waals surface area (Å²) >= 11 is 15.9. The highest BCUT2D eigenvalue weighted by Crippen LogP contribution is 2.63. The van der Waals surface area contributed by atoms with E-state index >= 15 is 0 Å². The highest BCUT2D eigenvalue weighted by Gasteiger charge is 2.37. The van der Waals surface area contributed by atoms with Crippen molar-refractivity contribution in [2.24, 2.45) is 0 Å². The Labute approximate surface area is 144 Å². The average molecular weight is 391 g/mol. The maximum absolute atomic E-state index is 2.19. The quantitative estimate of drug-likeness (QED) is 0.529. The molecule has 0 aromatic rings. The normalized spacial score (nSPS) is 22.7. The lowest BCUT2D eigenvalue weighted by atomic mass is 10.9. The molecule has 2 heterocycles. The molecule has 2 aliphatic rings. The second kappa shape index (κ2) is 8.06. The molecule has 18 heavy (non-hydrogen) atoms. The van der Waals surface area contributed by atoms with Crippen LogP contribution in [0, 0.1) is 0 Å². The third-order valence-corrected chi connectivity index (χ3v) is 14.2. The fourth-order valence-electron chi connectivity index (χ4n) is 1.41. The number of thioether (sulfide) groups is 8. The van der Waals surface area contributed by atoms with Crippen LogP contribution < -0.4 is 0 Å². The molecule has 0 radical (unpaired) electrons. The van der Waals surface area contributed by atoms with E-state index in [9.17, 15) is 0 Å². The molecule has 8 heteroatoms. The SMILES string of the molecule is CSC1=C(SC)SC(C2SC(SC)=C(SC)S2)S1. The molecule has 2 aliphatic heterocycles. The van der Waals surface area contributed by atoms with E-state index in [-0.39, 0.29) is 0 Å². The first-order valence-electron chi connectivity index (χ1n) is 5.04. The Kier molecular flexibility index (Phi) is 7.45. The van der Waals surface area contributed by atoms with Crippen molar-refractivity contribution in [2.45, 2.75) is 9.16 Å². The molecular formula is C10H14S8. The summed E-state index contributed by atoms with van der Waals surface area (Å²) < 4.78 is 7.39. The molecule has 0 unspecified atom stereocenters. The zero-order valence-electron chi connectivity index (χ0n) is 10.4. The van der Waals surface area contributed by atoms with Crippen molar-refractivity contribution in [1.82, 2.24) is 0 Å². The Hall–Kier alpha value is 2.28. The van der Waals surface area contributed by atoms with E-state index in [1.54, 1.807) is 0 Å². The Balaban J connectivity index is 1.98. The molecule has 0 fully saturated rings. The van der Waals surface area contributed by atoms with Gasteiger partial charge < -0.3 is 0 Å². The summed E-state index contributed by atoms with van der Waals surface area (Å²) in [5, 5.41) is 0. The Morgan fingerprint density at radius 1 is 0.556 bits per heavy atom. The molecule has 0 aromatic carbocycles. The Morgan fingerprint density at radius 3 is 0.944 bits per heavy atom. The van der Waals surface area contributed by atoms with Crippen LogP contribution >= 0.6 is 94.1 Å². The zero-order chi connectivity index (χ0) is 13.1. The fraction of sp³-hybridized carbons (Fsp3) is 0.600. The van der Waals surface area contributed by atoms with E-state index in [1.165, 1.54) is 16.9 Å². The first-order valence-corrected chi connectivity index (χ1v) is 13.5. The van der Waals surface area contributed by atoms with E-state index in [0.29, 0.717) is 9.16 Å². The molecule has 0 N–H and O–H groups in total. The minimum absolute atomic E-state index is 0.664. The molecule has 0 bridgehead atoms. The highest BCUT2D eigenvalue weighted by molar-refractivity contribution is 8.41. The van der Waals surface area contributed by atoms with Gasteiger partial charge in [0.15, 0.2) is 0 Å². The molecule has 0 spiro atoms. The molecule has 102 valence electrons. The maximum Gasteiger partial charge on any atom is 0.0825 e. The largest absolute Gasteiger partial charge is 0.121 e. The average Bonchev–Trinajstić information content (AvgIpc) is 3.01. The monoisotopic (exact) mass is 390 g/mol. The van der Waals surface area contributed by atoms with Crippen LogP contribution in [0.3, 0.4) is 0 Å². The van der Waals surface area contributed by atoms with Gasteiger partial charge in [0.25, 0.3) is 0 Å². The van der Waals surface area contributed by atoms with E-state index in [1.807, 2.05) is 47.0 Å². The van der Waals surface area contributed by atoms with Crippen LogP contribution in [0.5, 0.6) is 0 Å². The lowest BCUT2D eigenvalue weighted by Crippen LogP contribution is -2.07. The molecule has 0 atom stereocenters. The van der Waals surface area contributed by atoms with Crippen molar-refractivity contribution in [2.75, 3.05) is 25.0 Å². The van der Waals surface area contributed by atoms with E-state index in [0.717, 1.165) is 0 Å². The lowest BCUT2D eigenvalue weighted by molar-refractivity contribution is 1.39. The topological polar surface area (TPSA) is 0 Å². The standard InChI is InChI=1S/C10H14S8/c1-11-5-6(12-2)16-9(15-5)10-17-7(13-3)8(14-4)18-10/h9-10H,1-4H3. The van der Waals surface area contributed by atoms with Crippen LogP contribution in [0.4, 0.5) is 0 Å². The summed E-state index contributed by atoms with van der Waals surface area (Å²) in [6, 6.07) is 0. The van der Waals surface area contributed by atoms with Gasteiger partial charge in [-0.1, -0.05) is 0 Å². The zero-order valence-corrected chi connectivity index (χ0v) is 17.0. The van der Waals surface area contributed by atoms with Gasteiger partial charge in [0.1, 0.15) is 0 Å². The number of hydrogen-bond donors (Lipinski definition) is 0. The predicted octanol–water partition coefficient (Wildman–Crippen LogP) is 6.30. The van der Waals surface area contributed by atoms with Gasteiger partial charge in [0, 0.05) is 0 Å². The number of rotatable bonds is 5. The molecule has 0 amide bonds. The minimum Gasteiger partial charge on any atom is -0.121 e. The van der Waals surface area contributed by atoms with Crippen LogP contribution in [0.25, 0.3) is 0 Å². The molecule has 0 aromatic heterocycles. The smallest absolute Gasteiger partial charge is 0.0825 e. The number of hydrogen-bond acceptors (Lipinski definition) is 8. The van der Waals surface area contributed by atoms with E-state index in [4.69, 9.17) is 0 Å². The van der Waals surface area contributed by atoms with E-state index in [2.05, 4.69) is 72.1 Å². The van der Waals surface area contributed by atoms with Crippen molar-refractivity contribution in [3.8, 4) is 0 Å². The maximum atomic E-state index is 2.19. The predicted molar refractivity (Wildman–Crippen MR) is 106 cm³/mol. The van der Waals surface area contributed by atoms with Crippen molar-refractivity contribution < 1.29 is 0 Å². The first-order chi connectivity index (χ1) is 8.73. The van der Waals surface area contributed by atoms with Crippen LogP contribution in [0.1, 0.15) is 0 Å². The van der Waals surface area contributed by atoms with Crippen LogP contribution in [0.15, 0.2) is 16.9 Å². The van der Waals surface area contributed by atoms with Crippen molar-refractivity contribution in [3.63, 3.8) is 0 Å². The first kappa shape index (κ1) is 16.6. The molecular weight excluding hydrogens is 377 g/mol. The third-order valence-electron chi connectivity index (χ3n) is 2.19. The van der Waals surface area contributed by atoms with Gasteiger partial charge in [-0.15, -0.1) is 94.1 Å². The van der Waals surface area contributed by atoms with Gasteiger partial charge in [0.2, 0.25) is 0 Å². The van der Waals surface area contributed by atoms with E-state index < -0.39 is 0 Å². The summed E-state index contributed by atoms with van der Waals surface area (Å²) in [5.74, 6) is 0. The highest BCUT2D eigenvalue weighted by atomic mass is 32.3. The fourth-order valence-corrected chi connectivity index (χ4v) is 13.3. The van der Waals surface area contributed by atoms with Crippen molar-refractivity contribution in [3.05, 3.63) is 16.9 Å². The van der Waals surface area contributed by atoms with Gasteiger partial charge in [-0.05, 0) is 25.0 Å². The van der Waals surface area contributed by atoms with Crippen LogP contribution in [-0.2, 0) is 0 Å². The van der Waals surface area contributed by atoms with Gasteiger partial charge in [-0.3, -0.25) is 0 Å². The summed E-state index contributed by atoms with van der Waals surface area (Å²) in [4.78, 5) is 0. The van der Waals surface area contributed by atoms with Crippen LogP contribution in [-0.4, -0.2) is 34.2 Å². The summed E-state index contributed by atoms with van der Waals surface area (Å²) in [7, 11) is 0. The van der Waals surface area contributed by atoms with Gasteiger partial charge in [-0.2, -0.15) is 0 Å². The Morgan fingerprint density at radius 2 is 0.778 bits per heavy atom. The molecule has 0 saturated carbocycles. The second-order valence-corrected chi connectivity index (χ2v) is 12.7. The summed E-state index contributed by atoms with van der Waals surface area (Å²) in [6.45, 7) is 0. The minimum atomic E-state index is 0.664. The Bertz CT molecular complexity index is 306. The molecule has 0 nitrogen and oxygen atoms in total. The van der Waals surface area contributed by atoms with Gasteiger partial charge >= 0.3 is 0 Å². The second-order valence-electron chi connectivity index (χ2n) is 3.17. The third kappa shape index (κ3) is 3.72. The van der Waals surface area contributed by atoms with Crippen LogP contribution in [0.2, 0.25) is 0 Å². The van der Waals surface area contributed by atoms with Crippen molar-refractivity contribution >= 4 is 94.1 Å². The molecule has 0 aliphatic carbocycles. The van der Waals surface area contributed by atoms with Crippen molar-refractivity contribution in [1.29, 1.82) is 0 Å². The van der Waals surface area contributed by atoms with Gasteiger partial charge in [-0.25, -0.2) is 0 Å². The molecule has 0 saturated heterocycles. The molecule has 2 rings (SSSR count). The van der Waals surface area contributed by atoms with Gasteiger partial charge in [0.05, 0.1) is 26.1 Å². The summed E-state index contributed by atoms with van der Waals surface area (Å²) in [5.41, 5.74) is 0. The lowest BCUT2D eigenvalue weighted by Gasteiger charge is -2.15. The summed E-state index contributed by atoms with van der Waals surface area (Å²) in [6.07, 6.45) is 8.76.